The van der Waals surface area contributed by atoms with E-state index in [4.69, 9.17) is 14.7 Å². The summed E-state index contributed by atoms with van der Waals surface area (Å²) in [7, 11) is 0. The van der Waals surface area contributed by atoms with Crippen LogP contribution < -0.4 is 5.23 Å². The van der Waals surface area contributed by atoms with Gasteiger partial charge >= 0.3 is 11.9 Å². The van der Waals surface area contributed by atoms with Crippen molar-refractivity contribution in [3.8, 4) is 0 Å². The predicted molar refractivity (Wildman–Crippen MR) is 108 cm³/mol. The van der Waals surface area contributed by atoms with Crippen molar-refractivity contribution >= 4 is 17.6 Å². The van der Waals surface area contributed by atoms with E-state index in [1.165, 1.54) is 30.3 Å². The van der Waals surface area contributed by atoms with E-state index < -0.39 is 40.4 Å². The largest absolute Gasteiger partial charge is 0.733 e. The Bertz CT molecular complexity index is 928. The third-order valence-corrected chi connectivity index (χ3v) is 7.49. The molecule has 1 aromatic rings. The Labute approximate surface area is 179 Å². The number of ether oxygens (including phenoxy) is 2. The number of fused-ring (bicyclic) bond motifs is 3. The highest BCUT2D eigenvalue weighted by molar-refractivity contribution is 5.94. The fraction of sp³-hybridized carbons (Fsp3) is 0.545. The molecule has 0 bridgehead atoms. The molecule has 1 saturated carbocycles. The predicted octanol–water partition coefficient (Wildman–Crippen LogP) is 1.94. The van der Waals surface area contributed by atoms with Gasteiger partial charge in [-0.05, 0) is 48.6 Å². The quantitative estimate of drug-likeness (QED) is 0.481. The number of esters is 2. The van der Waals surface area contributed by atoms with Gasteiger partial charge in [-0.2, -0.15) is 0 Å². The first kappa shape index (κ1) is 21.8. The zero-order valence-corrected chi connectivity index (χ0v) is 17.4. The smallest absolute Gasteiger partial charge is 0.338 e. The van der Waals surface area contributed by atoms with Crippen LogP contribution in [0.4, 0.5) is 5.69 Å². The standard InChI is InChI=1S/C22H26NO8/c1-20(11-24)8-3-9-21(2)17(20)16(10-15-19(26)30-12-22(15,21)27)31-18(25)13-4-6-14(7-5-13)23(28)29/h4-7,10,16-17,24,27-28H,3,8-9,11-12H2,1-2H3/q-1/t16-,17+,20-,21+,22-/m1/s1. The minimum absolute atomic E-state index is 0.0391. The minimum atomic E-state index is -1.52. The topological polar surface area (TPSA) is 140 Å². The molecule has 1 heterocycles. The van der Waals surface area contributed by atoms with Crippen LogP contribution in [0.2, 0.25) is 0 Å². The first-order valence-electron chi connectivity index (χ1n) is 10.3. The summed E-state index contributed by atoms with van der Waals surface area (Å²) in [4.78, 5) is 25.2. The summed E-state index contributed by atoms with van der Waals surface area (Å²) in [6.07, 6.45) is 2.58. The SMILES string of the molecule is C[C@]1(CO)CCC[C@@]2(C)[C@H]1[C@H](OC(=O)c1ccc(N([O-])O)cc1)C=C1C(=O)OC[C@@]12O. The number of nitrogens with zero attached hydrogens (tertiary/aromatic N) is 1. The molecule has 5 atom stereocenters. The maximum atomic E-state index is 12.9. The van der Waals surface area contributed by atoms with Crippen molar-refractivity contribution in [3.63, 3.8) is 0 Å². The Kier molecular flexibility index (Phi) is 5.13. The van der Waals surface area contributed by atoms with E-state index in [1.807, 2.05) is 13.8 Å². The number of rotatable bonds is 4. The maximum Gasteiger partial charge on any atom is 0.338 e. The van der Waals surface area contributed by atoms with Gasteiger partial charge < -0.3 is 30.1 Å². The zero-order chi connectivity index (χ0) is 22.6. The van der Waals surface area contributed by atoms with Crippen molar-refractivity contribution in [2.45, 2.75) is 44.8 Å². The van der Waals surface area contributed by atoms with E-state index in [2.05, 4.69) is 0 Å². The molecule has 3 N–H and O–H groups in total. The number of aliphatic hydroxyl groups excluding tert-OH is 1. The van der Waals surface area contributed by atoms with Gasteiger partial charge in [0.15, 0.2) is 0 Å². The van der Waals surface area contributed by atoms with E-state index >= 15 is 0 Å². The van der Waals surface area contributed by atoms with Crippen LogP contribution in [0.25, 0.3) is 0 Å². The van der Waals surface area contributed by atoms with E-state index in [9.17, 15) is 25.0 Å². The van der Waals surface area contributed by atoms with Gasteiger partial charge in [0.05, 0.1) is 16.8 Å². The average Bonchev–Trinajstić information content (AvgIpc) is 3.04. The molecule has 168 valence electrons. The Morgan fingerprint density at radius 1 is 1.29 bits per heavy atom. The highest BCUT2D eigenvalue weighted by Gasteiger charge is 2.68. The third-order valence-electron chi connectivity index (χ3n) is 7.49. The fourth-order valence-electron chi connectivity index (χ4n) is 5.79. The summed E-state index contributed by atoms with van der Waals surface area (Å²) in [5, 5.41) is 41.4. The van der Waals surface area contributed by atoms with E-state index in [0.717, 1.165) is 6.42 Å². The van der Waals surface area contributed by atoms with Crippen molar-refractivity contribution in [1.29, 1.82) is 0 Å². The molecule has 0 unspecified atom stereocenters. The molecule has 0 radical (unpaired) electrons. The number of carbonyl (C=O) groups excluding carboxylic acids is 2. The van der Waals surface area contributed by atoms with Crippen LogP contribution in [0.3, 0.4) is 0 Å². The molecule has 2 aliphatic carbocycles. The summed E-state index contributed by atoms with van der Waals surface area (Å²) in [5.74, 6) is -1.78. The molecule has 3 aliphatic rings. The Balaban J connectivity index is 1.73. The van der Waals surface area contributed by atoms with Gasteiger partial charge in [0.1, 0.15) is 18.3 Å². The molecule has 9 heteroatoms. The molecule has 4 rings (SSSR count). The fourth-order valence-corrected chi connectivity index (χ4v) is 5.79. The summed E-state index contributed by atoms with van der Waals surface area (Å²) in [6.45, 7) is 3.43. The highest BCUT2D eigenvalue weighted by Crippen LogP contribution is 2.63. The van der Waals surface area contributed by atoms with Gasteiger partial charge in [-0.1, -0.05) is 20.3 Å². The summed E-state index contributed by atoms with van der Waals surface area (Å²) in [5.41, 5.74) is -2.82. The summed E-state index contributed by atoms with van der Waals surface area (Å²) >= 11 is 0. The molecule has 31 heavy (non-hydrogen) atoms. The lowest BCUT2D eigenvalue weighted by Gasteiger charge is -2.60. The van der Waals surface area contributed by atoms with Gasteiger partial charge in [-0.3, -0.25) is 5.21 Å². The van der Waals surface area contributed by atoms with Crippen LogP contribution >= 0.6 is 0 Å². The molecular weight excluding hydrogens is 406 g/mol. The Hall–Kier alpha value is -2.46. The molecule has 0 amide bonds. The first-order chi connectivity index (χ1) is 14.6. The second-order valence-electron chi connectivity index (χ2n) is 9.27. The van der Waals surface area contributed by atoms with E-state index in [1.54, 1.807) is 0 Å². The number of carbonyl (C=O) groups is 2. The normalized spacial score (nSPS) is 36.7. The third kappa shape index (κ3) is 3.15. The molecular formula is C22H26NO8-. The van der Waals surface area contributed by atoms with Crippen LogP contribution in [-0.4, -0.2) is 52.3 Å². The molecule has 1 aliphatic heterocycles. The highest BCUT2D eigenvalue weighted by atomic mass is 16.8. The molecule has 1 aromatic carbocycles. The average molecular weight is 432 g/mol. The summed E-state index contributed by atoms with van der Waals surface area (Å²) in [6, 6.07) is 5.25. The number of aliphatic hydroxyl groups is 2. The summed E-state index contributed by atoms with van der Waals surface area (Å²) < 4.78 is 11.0. The van der Waals surface area contributed by atoms with Crippen LogP contribution in [0.15, 0.2) is 35.9 Å². The van der Waals surface area contributed by atoms with Crippen molar-refractivity contribution in [3.05, 3.63) is 46.7 Å². The van der Waals surface area contributed by atoms with Crippen LogP contribution in [-0.2, 0) is 14.3 Å². The van der Waals surface area contributed by atoms with Crippen molar-refractivity contribution in [2.75, 3.05) is 18.4 Å². The lowest BCUT2D eigenvalue weighted by molar-refractivity contribution is -0.185. The van der Waals surface area contributed by atoms with Gasteiger partial charge in [-0.15, -0.1) is 0 Å². The molecule has 0 aromatic heterocycles. The van der Waals surface area contributed by atoms with Crippen molar-refractivity contribution < 1.29 is 34.5 Å². The van der Waals surface area contributed by atoms with Gasteiger partial charge in [0, 0.05) is 17.9 Å². The number of hydrogen-bond acceptors (Lipinski definition) is 9. The van der Waals surface area contributed by atoms with Gasteiger partial charge in [0.2, 0.25) is 0 Å². The molecule has 1 saturated heterocycles. The Morgan fingerprint density at radius 3 is 2.58 bits per heavy atom. The number of anilines is 1. The number of hydrogen-bond donors (Lipinski definition) is 3. The van der Waals surface area contributed by atoms with Gasteiger partial charge in [-0.25, -0.2) is 9.59 Å². The van der Waals surface area contributed by atoms with E-state index in [0.29, 0.717) is 12.8 Å². The molecule has 0 spiro atoms. The molecule has 2 fully saturated rings. The maximum absolute atomic E-state index is 12.9. The number of benzene rings is 1. The zero-order valence-electron chi connectivity index (χ0n) is 17.4. The minimum Gasteiger partial charge on any atom is -0.733 e. The van der Waals surface area contributed by atoms with Crippen molar-refractivity contribution in [1.82, 2.24) is 0 Å². The lowest BCUT2D eigenvalue weighted by Crippen LogP contribution is -2.65. The van der Waals surface area contributed by atoms with Crippen LogP contribution in [0, 0.1) is 22.0 Å². The molecule has 9 nitrogen and oxygen atoms in total. The van der Waals surface area contributed by atoms with Gasteiger partial charge in [0.25, 0.3) is 0 Å². The lowest BCUT2D eigenvalue weighted by atomic mass is 9.46. The first-order valence-corrected chi connectivity index (χ1v) is 10.3. The Morgan fingerprint density at radius 2 is 1.97 bits per heavy atom. The second kappa shape index (κ2) is 7.30. The van der Waals surface area contributed by atoms with Crippen LogP contribution in [0.5, 0.6) is 0 Å². The van der Waals surface area contributed by atoms with E-state index in [-0.39, 0.29) is 35.3 Å². The van der Waals surface area contributed by atoms with Crippen molar-refractivity contribution in [2.24, 2.45) is 16.7 Å². The van der Waals surface area contributed by atoms with Crippen LogP contribution in [0.1, 0.15) is 43.5 Å². The second-order valence-corrected chi connectivity index (χ2v) is 9.27. The number of cyclic esters (lactones) is 1. The monoisotopic (exact) mass is 432 g/mol.